The van der Waals surface area contributed by atoms with E-state index in [-0.39, 0.29) is 5.91 Å². The highest BCUT2D eigenvalue weighted by molar-refractivity contribution is 6.15. The van der Waals surface area contributed by atoms with Crippen LogP contribution in [0.5, 0.6) is 0 Å². The Morgan fingerprint density at radius 3 is 2.38 bits per heavy atom. The van der Waals surface area contributed by atoms with E-state index in [4.69, 9.17) is 0 Å². The van der Waals surface area contributed by atoms with Crippen LogP contribution >= 0.6 is 0 Å². The summed E-state index contributed by atoms with van der Waals surface area (Å²) in [6.07, 6.45) is 3.99. The van der Waals surface area contributed by atoms with Crippen molar-refractivity contribution in [2.24, 2.45) is 0 Å². The van der Waals surface area contributed by atoms with Crippen molar-refractivity contribution in [2.75, 3.05) is 5.32 Å². The summed E-state index contributed by atoms with van der Waals surface area (Å²) in [7, 11) is 0. The summed E-state index contributed by atoms with van der Waals surface area (Å²) >= 11 is 0. The largest absolute Gasteiger partial charge is 0.361 e. The Balaban J connectivity index is 1.80. The fourth-order valence-corrected chi connectivity index (χ4v) is 4.94. The zero-order valence-corrected chi connectivity index (χ0v) is 15.9. The zero-order valence-electron chi connectivity index (χ0n) is 15.9. The number of nitrogens with one attached hydrogen (secondary N) is 3. The summed E-state index contributed by atoms with van der Waals surface area (Å²) in [5, 5.41) is 5.27. The van der Waals surface area contributed by atoms with Gasteiger partial charge in [-0.25, -0.2) is 0 Å². The Morgan fingerprint density at radius 2 is 1.45 bits per heavy atom. The predicted octanol–water partition coefficient (Wildman–Crippen LogP) is 5.24. The van der Waals surface area contributed by atoms with Gasteiger partial charge in [-0.2, -0.15) is 0 Å². The van der Waals surface area contributed by atoms with Crippen LogP contribution in [0, 0.1) is 6.92 Å². The Morgan fingerprint density at radius 1 is 0.724 bits per heavy atom. The van der Waals surface area contributed by atoms with Gasteiger partial charge in [0.2, 0.25) is 5.91 Å². The molecule has 0 bridgehead atoms. The van der Waals surface area contributed by atoms with Crippen molar-refractivity contribution in [1.82, 2.24) is 9.97 Å². The number of hydrogen-bond donors (Lipinski definition) is 3. The van der Waals surface area contributed by atoms with Crippen LogP contribution in [0.4, 0.5) is 5.69 Å². The van der Waals surface area contributed by atoms with E-state index in [9.17, 15) is 4.79 Å². The number of aromatic nitrogens is 2. The van der Waals surface area contributed by atoms with Crippen LogP contribution in [-0.4, -0.2) is 15.9 Å². The highest BCUT2D eigenvalue weighted by Crippen LogP contribution is 2.51. The molecule has 0 fully saturated rings. The first-order chi connectivity index (χ1) is 14.2. The molecule has 1 atom stereocenters. The van der Waals surface area contributed by atoms with E-state index in [0.29, 0.717) is 0 Å². The lowest BCUT2D eigenvalue weighted by molar-refractivity contribution is -0.118. The van der Waals surface area contributed by atoms with Crippen LogP contribution in [0.1, 0.15) is 22.3 Å². The fraction of sp³-hybridized carbons (Fsp3) is 0.0800. The van der Waals surface area contributed by atoms with Crippen molar-refractivity contribution >= 4 is 33.4 Å². The number of aryl methyl sites for hydroxylation is 1. The number of benzene rings is 3. The number of anilines is 1. The number of carbonyl (C=O) groups is 1. The molecule has 29 heavy (non-hydrogen) atoms. The molecule has 140 valence electrons. The van der Waals surface area contributed by atoms with Crippen molar-refractivity contribution in [3.63, 3.8) is 0 Å². The second-order valence-electron chi connectivity index (χ2n) is 7.70. The van der Waals surface area contributed by atoms with Crippen LogP contribution in [-0.2, 0) is 10.2 Å². The smallest absolute Gasteiger partial charge is 0.244 e. The summed E-state index contributed by atoms with van der Waals surface area (Å²) in [6, 6.07) is 22.4. The molecule has 3 heterocycles. The maximum absolute atomic E-state index is 13.8. The third kappa shape index (κ3) is 1.95. The van der Waals surface area contributed by atoms with E-state index in [1.54, 1.807) is 0 Å². The number of H-pyrrole nitrogens is 2. The molecular formula is C25H19N3O. The SMILES string of the molecule is Cc1cccc2c(C3(c4c[nH]c5ccccc45)C(=O)Nc4ccccc43)c[nH]c12. The predicted molar refractivity (Wildman–Crippen MR) is 116 cm³/mol. The molecule has 0 spiro atoms. The topological polar surface area (TPSA) is 60.7 Å². The van der Waals surface area contributed by atoms with Gasteiger partial charge >= 0.3 is 0 Å². The first kappa shape index (κ1) is 16.2. The van der Waals surface area contributed by atoms with E-state index < -0.39 is 5.41 Å². The molecule has 0 aliphatic carbocycles. The zero-order chi connectivity index (χ0) is 19.6. The van der Waals surface area contributed by atoms with Crippen LogP contribution in [0.25, 0.3) is 21.8 Å². The Hall–Kier alpha value is -3.79. The molecule has 4 heteroatoms. The van der Waals surface area contributed by atoms with Gasteiger partial charge in [0.05, 0.1) is 0 Å². The molecule has 3 aromatic carbocycles. The standard InChI is InChI=1S/C25H19N3O/c1-15-7-6-9-17-20(14-27-23(15)17)25(18-10-3-5-12-22(18)28-24(25)29)19-13-26-21-11-4-2-8-16(19)21/h2-14,26-27H,1H3,(H,28,29). The maximum Gasteiger partial charge on any atom is 0.244 e. The van der Waals surface area contributed by atoms with Gasteiger partial charge in [-0.1, -0.05) is 54.6 Å². The minimum atomic E-state index is -0.928. The summed E-state index contributed by atoms with van der Waals surface area (Å²) in [5.74, 6) is -0.0224. The number of para-hydroxylation sites is 3. The van der Waals surface area contributed by atoms with Gasteiger partial charge in [-0.3, -0.25) is 4.79 Å². The van der Waals surface area contributed by atoms with E-state index in [1.165, 1.54) is 0 Å². The fourth-order valence-electron chi connectivity index (χ4n) is 4.94. The first-order valence-corrected chi connectivity index (χ1v) is 9.76. The van der Waals surface area contributed by atoms with Crippen LogP contribution < -0.4 is 5.32 Å². The van der Waals surface area contributed by atoms with Crippen molar-refractivity contribution in [1.29, 1.82) is 0 Å². The van der Waals surface area contributed by atoms with E-state index in [0.717, 1.165) is 49.7 Å². The summed E-state index contributed by atoms with van der Waals surface area (Å²) in [6.45, 7) is 2.09. The molecule has 1 aliphatic heterocycles. The van der Waals surface area contributed by atoms with Crippen molar-refractivity contribution in [3.05, 3.63) is 101 Å². The van der Waals surface area contributed by atoms with E-state index >= 15 is 0 Å². The number of hydrogen-bond acceptors (Lipinski definition) is 1. The molecule has 2 aromatic heterocycles. The molecule has 5 aromatic rings. The van der Waals surface area contributed by atoms with E-state index in [1.807, 2.05) is 48.8 Å². The Labute approximate surface area is 167 Å². The van der Waals surface area contributed by atoms with Gasteiger partial charge in [-0.15, -0.1) is 0 Å². The van der Waals surface area contributed by atoms with Gasteiger partial charge in [0.25, 0.3) is 0 Å². The van der Waals surface area contributed by atoms with Gasteiger partial charge in [0, 0.05) is 56.6 Å². The molecule has 0 radical (unpaired) electrons. The monoisotopic (exact) mass is 377 g/mol. The van der Waals surface area contributed by atoms with Crippen LogP contribution in [0.3, 0.4) is 0 Å². The second-order valence-corrected chi connectivity index (χ2v) is 7.70. The van der Waals surface area contributed by atoms with E-state index in [2.05, 4.69) is 52.5 Å². The Kier molecular flexibility index (Phi) is 3.13. The molecule has 1 unspecified atom stereocenters. The van der Waals surface area contributed by atoms with Crippen LogP contribution in [0.2, 0.25) is 0 Å². The minimum Gasteiger partial charge on any atom is -0.361 e. The number of fused-ring (bicyclic) bond motifs is 3. The second kappa shape index (κ2) is 5.61. The lowest BCUT2D eigenvalue weighted by Crippen LogP contribution is -2.36. The third-order valence-corrected chi connectivity index (χ3v) is 6.24. The molecule has 3 N–H and O–H groups in total. The lowest BCUT2D eigenvalue weighted by Gasteiger charge is -2.27. The van der Waals surface area contributed by atoms with Gasteiger partial charge < -0.3 is 15.3 Å². The quantitative estimate of drug-likeness (QED) is 0.387. The Bertz CT molecular complexity index is 1420. The number of rotatable bonds is 2. The summed E-state index contributed by atoms with van der Waals surface area (Å²) in [4.78, 5) is 20.6. The van der Waals surface area contributed by atoms with Crippen LogP contribution in [0.15, 0.2) is 79.1 Å². The van der Waals surface area contributed by atoms with Crippen molar-refractivity contribution in [3.8, 4) is 0 Å². The molecule has 0 saturated heterocycles. The highest BCUT2D eigenvalue weighted by Gasteiger charge is 2.52. The number of carbonyl (C=O) groups excluding carboxylic acids is 1. The molecule has 1 amide bonds. The normalized spacial score (nSPS) is 18.3. The average molecular weight is 377 g/mol. The minimum absolute atomic E-state index is 0.0224. The number of aromatic amines is 2. The maximum atomic E-state index is 13.8. The summed E-state index contributed by atoms with van der Waals surface area (Å²) in [5.41, 5.74) is 6.12. The molecule has 1 aliphatic rings. The molecule has 4 nitrogen and oxygen atoms in total. The lowest BCUT2D eigenvalue weighted by atomic mass is 9.70. The molecule has 6 rings (SSSR count). The van der Waals surface area contributed by atoms with Crippen molar-refractivity contribution < 1.29 is 4.79 Å². The third-order valence-electron chi connectivity index (χ3n) is 6.24. The van der Waals surface area contributed by atoms with Gasteiger partial charge in [0.15, 0.2) is 0 Å². The number of amides is 1. The van der Waals surface area contributed by atoms with Crippen molar-refractivity contribution in [2.45, 2.75) is 12.3 Å². The first-order valence-electron chi connectivity index (χ1n) is 9.76. The summed E-state index contributed by atoms with van der Waals surface area (Å²) < 4.78 is 0. The highest BCUT2D eigenvalue weighted by atomic mass is 16.2. The van der Waals surface area contributed by atoms with Gasteiger partial charge in [-0.05, 0) is 24.6 Å². The van der Waals surface area contributed by atoms with Gasteiger partial charge in [0.1, 0.15) is 5.41 Å². The average Bonchev–Trinajstić information content (AvgIpc) is 3.42. The molecule has 0 saturated carbocycles. The molecular weight excluding hydrogens is 358 g/mol.